The molecule has 0 atom stereocenters. The average molecular weight is 585 g/mol. The van der Waals surface area contributed by atoms with Crippen LogP contribution >= 0.6 is 0 Å². The van der Waals surface area contributed by atoms with Gasteiger partial charge in [-0.3, -0.25) is 14.3 Å². The summed E-state index contributed by atoms with van der Waals surface area (Å²) in [6.07, 6.45) is 4.17. The summed E-state index contributed by atoms with van der Waals surface area (Å²) in [5.74, 6) is -2.30. The van der Waals surface area contributed by atoms with Crippen molar-refractivity contribution < 1.29 is 32.6 Å². The minimum atomic E-state index is -5.08. The highest BCUT2D eigenvalue weighted by Crippen LogP contribution is 2.32. The zero-order chi connectivity index (χ0) is 29.9. The van der Waals surface area contributed by atoms with Gasteiger partial charge in [-0.05, 0) is 49.4 Å². The van der Waals surface area contributed by atoms with Crippen LogP contribution in [0, 0.1) is 5.92 Å². The molecule has 11 nitrogen and oxygen atoms in total. The summed E-state index contributed by atoms with van der Waals surface area (Å²) in [4.78, 5) is 41.1. The van der Waals surface area contributed by atoms with Gasteiger partial charge in [0.25, 0.3) is 5.56 Å². The van der Waals surface area contributed by atoms with Gasteiger partial charge in [-0.2, -0.15) is 18.3 Å². The molecular formula is C28H27F3N6O5. The van der Waals surface area contributed by atoms with Crippen molar-refractivity contribution in [2.75, 3.05) is 23.8 Å². The van der Waals surface area contributed by atoms with Crippen LogP contribution in [-0.4, -0.2) is 56.1 Å². The highest BCUT2D eigenvalue weighted by atomic mass is 19.4. The monoisotopic (exact) mass is 584 g/mol. The fourth-order valence-electron chi connectivity index (χ4n) is 4.50. The van der Waals surface area contributed by atoms with Crippen LogP contribution in [0.1, 0.15) is 31.7 Å². The number of carboxylic acids is 1. The summed E-state index contributed by atoms with van der Waals surface area (Å²) in [6, 6.07) is 11.8. The molecule has 1 aromatic carbocycles. The molecular weight excluding hydrogens is 557 g/mol. The Balaban J connectivity index is 0.000000451. The van der Waals surface area contributed by atoms with E-state index in [-0.39, 0.29) is 17.4 Å². The minimum absolute atomic E-state index is 0.0313. The number of ether oxygens (including phenoxy) is 1. The summed E-state index contributed by atoms with van der Waals surface area (Å²) < 4.78 is 39.2. The Morgan fingerprint density at radius 3 is 2.50 bits per heavy atom. The van der Waals surface area contributed by atoms with Crippen LogP contribution in [0.4, 0.5) is 30.4 Å². The molecule has 0 unspecified atom stereocenters. The summed E-state index contributed by atoms with van der Waals surface area (Å²) in [5.41, 5.74) is 3.71. The number of carboxylic acid groups (broad SMARTS) is 1. The van der Waals surface area contributed by atoms with Crippen LogP contribution in [0.5, 0.6) is 0 Å². The van der Waals surface area contributed by atoms with Gasteiger partial charge in [-0.25, -0.2) is 9.78 Å². The van der Waals surface area contributed by atoms with Gasteiger partial charge < -0.3 is 25.5 Å². The SMILES string of the molecule is O=C(Nc1cc(Nc2cccc(-c3cnn(C4CCOCC4)c3)c2)c2c(=O)[nH]ccc2n1)C1CC1.O=C(O)C(F)(F)F. The fraction of sp³-hybridized carbons (Fsp3) is 0.321. The first kappa shape index (κ1) is 28.8. The van der Waals surface area contributed by atoms with E-state index in [0.29, 0.717) is 28.5 Å². The molecule has 4 aromatic rings. The van der Waals surface area contributed by atoms with Crippen LogP contribution in [0.2, 0.25) is 0 Å². The van der Waals surface area contributed by atoms with Gasteiger partial charge in [0.1, 0.15) is 5.82 Å². The molecule has 42 heavy (non-hydrogen) atoms. The van der Waals surface area contributed by atoms with Gasteiger partial charge in [0.15, 0.2) is 0 Å². The largest absolute Gasteiger partial charge is 0.490 e. The summed E-state index contributed by atoms with van der Waals surface area (Å²) >= 11 is 0. The molecule has 2 aliphatic rings. The fourth-order valence-corrected chi connectivity index (χ4v) is 4.50. The molecule has 2 fully saturated rings. The first-order chi connectivity index (χ1) is 20.1. The number of aromatic amines is 1. The molecule has 0 radical (unpaired) electrons. The predicted octanol–water partition coefficient (Wildman–Crippen LogP) is 4.86. The van der Waals surface area contributed by atoms with Crippen molar-refractivity contribution in [1.29, 1.82) is 0 Å². The highest BCUT2D eigenvalue weighted by Gasteiger charge is 2.38. The summed E-state index contributed by atoms with van der Waals surface area (Å²) in [6.45, 7) is 1.53. The lowest BCUT2D eigenvalue weighted by molar-refractivity contribution is -0.192. The van der Waals surface area contributed by atoms with Crippen molar-refractivity contribution in [3.8, 4) is 11.1 Å². The number of hydrogen-bond donors (Lipinski definition) is 4. The number of carbonyl (C=O) groups is 2. The van der Waals surface area contributed by atoms with E-state index in [4.69, 9.17) is 14.6 Å². The second-order valence-electron chi connectivity index (χ2n) is 9.95. The number of halogens is 3. The number of carbonyl (C=O) groups excluding carboxylic acids is 1. The summed E-state index contributed by atoms with van der Waals surface area (Å²) in [5, 5.41) is 18.4. The molecule has 1 saturated carbocycles. The van der Waals surface area contributed by atoms with Crippen molar-refractivity contribution in [2.45, 2.75) is 37.9 Å². The van der Waals surface area contributed by atoms with Crippen molar-refractivity contribution in [1.82, 2.24) is 19.7 Å². The quantitative estimate of drug-likeness (QED) is 0.251. The van der Waals surface area contributed by atoms with Crippen LogP contribution in [0.15, 0.2) is 59.8 Å². The number of amides is 1. The molecule has 3 aromatic heterocycles. The van der Waals surface area contributed by atoms with E-state index in [2.05, 4.69) is 31.9 Å². The highest BCUT2D eigenvalue weighted by molar-refractivity contribution is 5.98. The third kappa shape index (κ3) is 6.94. The molecule has 4 N–H and O–H groups in total. The summed E-state index contributed by atoms with van der Waals surface area (Å²) in [7, 11) is 0. The lowest BCUT2D eigenvalue weighted by Crippen LogP contribution is -2.21. The molecule has 14 heteroatoms. The van der Waals surface area contributed by atoms with Gasteiger partial charge >= 0.3 is 12.1 Å². The number of hydrogen-bond acceptors (Lipinski definition) is 7. The van der Waals surface area contributed by atoms with Gasteiger partial charge in [-0.15, -0.1) is 0 Å². The van der Waals surface area contributed by atoms with E-state index in [1.165, 1.54) is 0 Å². The molecule has 0 bridgehead atoms. The second-order valence-corrected chi connectivity index (χ2v) is 9.95. The maximum absolute atomic E-state index is 12.6. The van der Waals surface area contributed by atoms with E-state index >= 15 is 0 Å². The molecule has 220 valence electrons. The van der Waals surface area contributed by atoms with E-state index in [1.807, 2.05) is 35.1 Å². The van der Waals surface area contributed by atoms with E-state index < -0.39 is 12.1 Å². The number of aromatic nitrogens is 4. The Bertz CT molecular complexity index is 1660. The molecule has 6 rings (SSSR count). The maximum Gasteiger partial charge on any atom is 0.490 e. The van der Waals surface area contributed by atoms with E-state index in [0.717, 1.165) is 55.7 Å². The Kier molecular flexibility index (Phi) is 8.24. The van der Waals surface area contributed by atoms with Gasteiger partial charge in [0.05, 0.1) is 28.8 Å². The number of rotatable bonds is 6. The molecule has 1 aliphatic carbocycles. The lowest BCUT2D eigenvalue weighted by Gasteiger charge is -2.22. The van der Waals surface area contributed by atoms with Crippen molar-refractivity contribution in [3.05, 3.63) is 65.3 Å². The zero-order valence-electron chi connectivity index (χ0n) is 22.1. The van der Waals surface area contributed by atoms with Gasteiger partial charge in [0, 0.05) is 48.8 Å². The van der Waals surface area contributed by atoms with E-state index in [1.54, 1.807) is 18.3 Å². The number of benzene rings is 1. The van der Waals surface area contributed by atoms with Gasteiger partial charge in [-0.1, -0.05) is 12.1 Å². The number of alkyl halides is 3. The van der Waals surface area contributed by atoms with Gasteiger partial charge in [0.2, 0.25) is 5.91 Å². The third-order valence-corrected chi connectivity index (χ3v) is 6.81. The van der Waals surface area contributed by atoms with Crippen molar-refractivity contribution >= 4 is 40.0 Å². The molecule has 1 amide bonds. The molecule has 1 saturated heterocycles. The smallest absolute Gasteiger partial charge is 0.475 e. The molecule has 1 aliphatic heterocycles. The van der Waals surface area contributed by atoms with Crippen LogP contribution < -0.4 is 16.2 Å². The Morgan fingerprint density at radius 1 is 1.07 bits per heavy atom. The van der Waals surface area contributed by atoms with Crippen molar-refractivity contribution in [3.63, 3.8) is 0 Å². The molecule has 0 spiro atoms. The second kappa shape index (κ2) is 12.0. The van der Waals surface area contributed by atoms with Crippen LogP contribution in [0.3, 0.4) is 0 Å². The number of nitrogens with one attached hydrogen (secondary N) is 3. The normalized spacial score (nSPS) is 15.5. The number of nitrogens with zero attached hydrogens (tertiary/aromatic N) is 3. The number of aliphatic carboxylic acids is 1. The number of H-pyrrole nitrogens is 1. The average Bonchev–Trinajstić information content (AvgIpc) is 3.70. The maximum atomic E-state index is 12.6. The number of pyridine rings is 2. The van der Waals surface area contributed by atoms with Crippen molar-refractivity contribution in [2.24, 2.45) is 5.92 Å². The zero-order valence-corrected chi connectivity index (χ0v) is 22.1. The first-order valence-electron chi connectivity index (χ1n) is 13.2. The topological polar surface area (TPSA) is 151 Å². The standard InChI is InChI=1S/C26H26N6O3.C2HF3O2/c33-25(16-4-5-16)31-23-13-22(24-21(30-23)6-9-27-26(24)34)29-19-3-1-2-17(12-19)18-14-28-32(15-18)20-7-10-35-11-8-20;3-2(4,5)1(6)7/h1-3,6,9,12-16,20H,4-5,7-8,10-11H2,(H,27,34)(H2,29,30,31,33);(H,6,7). The number of anilines is 3. The molecule has 4 heterocycles. The predicted molar refractivity (Wildman–Crippen MR) is 147 cm³/mol. The minimum Gasteiger partial charge on any atom is -0.475 e. The third-order valence-electron chi connectivity index (χ3n) is 6.81. The Morgan fingerprint density at radius 2 is 1.81 bits per heavy atom. The first-order valence-corrected chi connectivity index (χ1v) is 13.2. The Hall–Kier alpha value is -4.72. The number of fused-ring (bicyclic) bond motifs is 1. The van der Waals surface area contributed by atoms with Crippen LogP contribution in [0.25, 0.3) is 22.0 Å². The Labute approximate surface area is 236 Å². The van der Waals surface area contributed by atoms with Crippen LogP contribution in [-0.2, 0) is 14.3 Å². The lowest BCUT2D eigenvalue weighted by atomic mass is 10.1. The van der Waals surface area contributed by atoms with E-state index in [9.17, 15) is 22.8 Å².